The van der Waals surface area contributed by atoms with Crippen molar-refractivity contribution in [2.75, 3.05) is 0 Å². The summed E-state index contributed by atoms with van der Waals surface area (Å²) in [5, 5.41) is 0. The zero-order valence-electron chi connectivity index (χ0n) is 11.5. The van der Waals surface area contributed by atoms with Gasteiger partial charge in [0.25, 0.3) is 0 Å². The highest BCUT2D eigenvalue weighted by molar-refractivity contribution is 5.44. The van der Waals surface area contributed by atoms with Gasteiger partial charge in [-0.05, 0) is 37.0 Å². The molecular formula is C15H21N3. The lowest BCUT2D eigenvalue weighted by atomic mass is 10.0. The Bertz CT molecular complexity index is 540. The van der Waals surface area contributed by atoms with Crippen LogP contribution in [0.1, 0.15) is 36.7 Å². The van der Waals surface area contributed by atoms with Gasteiger partial charge >= 0.3 is 0 Å². The van der Waals surface area contributed by atoms with Crippen LogP contribution >= 0.6 is 0 Å². The van der Waals surface area contributed by atoms with Gasteiger partial charge in [0.05, 0.1) is 18.2 Å². The second-order valence-corrected chi connectivity index (χ2v) is 5.25. The highest BCUT2D eigenvalue weighted by Gasteiger charge is 2.16. The molecule has 0 saturated carbocycles. The van der Waals surface area contributed by atoms with Crippen LogP contribution in [0.15, 0.2) is 30.7 Å². The second kappa shape index (κ2) is 4.94. The van der Waals surface area contributed by atoms with E-state index in [2.05, 4.69) is 55.4 Å². The summed E-state index contributed by atoms with van der Waals surface area (Å²) in [6.07, 6.45) is 3.71. The molecule has 2 aromatic rings. The van der Waals surface area contributed by atoms with Gasteiger partial charge in [0.1, 0.15) is 0 Å². The minimum Gasteiger partial charge on any atom is -0.322 e. The fourth-order valence-electron chi connectivity index (χ4n) is 2.07. The van der Waals surface area contributed by atoms with Crippen molar-refractivity contribution < 1.29 is 0 Å². The molecule has 18 heavy (non-hydrogen) atoms. The molecule has 1 atom stereocenters. The lowest BCUT2D eigenvalue weighted by molar-refractivity contribution is 0.497. The van der Waals surface area contributed by atoms with E-state index in [1.807, 2.05) is 12.5 Å². The normalized spacial score (nSPS) is 13.0. The van der Waals surface area contributed by atoms with Crippen molar-refractivity contribution in [3.8, 4) is 5.69 Å². The molecule has 0 amide bonds. The Morgan fingerprint density at radius 1 is 1.22 bits per heavy atom. The van der Waals surface area contributed by atoms with Crippen molar-refractivity contribution >= 4 is 0 Å². The number of nitrogens with zero attached hydrogens (tertiary/aromatic N) is 2. The topological polar surface area (TPSA) is 43.8 Å². The van der Waals surface area contributed by atoms with Gasteiger partial charge < -0.3 is 10.3 Å². The maximum atomic E-state index is 6.25. The molecule has 1 unspecified atom stereocenters. The smallest absolute Gasteiger partial charge is 0.0994 e. The molecule has 0 spiro atoms. The third kappa shape index (κ3) is 2.31. The molecule has 3 nitrogen and oxygen atoms in total. The molecule has 2 rings (SSSR count). The average molecular weight is 243 g/mol. The quantitative estimate of drug-likeness (QED) is 0.900. The lowest BCUT2D eigenvalue weighted by Crippen LogP contribution is -2.20. The number of aryl methyl sites for hydroxylation is 2. The Morgan fingerprint density at radius 3 is 2.61 bits per heavy atom. The van der Waals surface area contributed by atoms with E-state index in [9.17, 15) is 0 Å². The number of nitrogens with two attached hydrogens (primary N) is 1. The fourth-order valence-corrected chi connectivity index (χ4v) is 2.07. The number of benzene rings is 1. The summed E-state index contributed by atoms with van der Waals surface area (Å²) >= 11 is 0. The van der Waals surface area contributed by atoms with Gasteiger partial charge in [-0.2, -0.15) is 0 Å². The van der Waals surface area contributed by atoms with Crippen molar-refractivity contribution in [2.45, 2.75) is 33.7 Å². The predicted molar refractivity (Wildman–Crippen MR) is 74.8 cm³/mol. The van der Waals surface area contributed by atoms with E-state index in [-0.39, 0.29) is 6.04 Å². The van der Waals surface area contributed by atoms with Crippen molar-refractivity contribution in [1.82, 2.24) is 9.55 Å². The standard InChI is InChI=1S/C15H21N3/c1-10(2)15(16)14-8-17-9-18(14)13-7-11(3)5-6-12(13)4/h5-10,15H,16H2,1-4H3. The average Bonchev–Trinajstić information content (AvgIpc) is 2.80. The number of rotatable bonds is 3. The third-order valence-electron chi connectivity index (χ3n) is 3.35. The van der Waals surface area contributed by atoms with E-state index >= 15 is 0 Å². The van der Waals surface area contributed by atoms with E-state index in [1.165, 1.54) is 16.8 Å². The van der Waals surface area contributed by atoms with Gasteiger partial charge in [-0.25, -0.2) is 4.98 Å². The monoisotopic (exact) mass is 243 g/mol. The van der Waals surface area contributed by atoms with E-state index in [0.29, 0.717) is 5.92 Å². The van der Waals surface area contributed by atoms with Crippen LogP contribution in [-0.4, -0.2) is 9.55 Å². The van der Waals surface area contributed by atoms with E-state index < -0.39 is 0 Å². The largest absolute Gasteiger partial charge is 0.322 e. The SMILES string of the molecule is Cc1ccc(C)c(-n2cncc2C(N)C(C)C)c1. The van der Waals surface area contributed by atoms with Crippen molar-refractivity contribution in [1.29, 1.82) is 0 Å². The number of hydrogen-bond acceptors (Lipinski definition) is 2. The molecule has 1 heterocycles. The van der Waals surface area contributed by atoms with Crippen molar-refractivity contribution in [2.24, 2.45) is 11.7 Å². The van der Waals surface area contributed by atoms with Gasteiger partial charge in [-0.3, -0.25) is 0 Å². The molecule has 0 aliphatic carbocycles. The molecule has 1 aromatic heterocycles. The first-order valence-electron chi connectivity index (χ1n) is 6.36. The lowest BCUT2D eigenvalue weighted by Gasteiger charge is -2.19. The summed E-state index contributed by atoms with van der Waals surface area (Å²) in [7, 11) is 0. The number of hydrogen-bond donors (Lipinski definition) is 1. The van der Waals surface area contributed by atoms with Crippen molar-refractivity contribution in [3.63, 3.8) is 0 Å². The Balaban J connectivity index is 2.52. The van der Waals surface area contributed by atoms with Crippen molar-refractivity contribution in [3.05, 3.63) is 47.5 Å². The first-order valence-corrected chi connectivity index (χ1v) is 6.36. The van der Waals surface area contributed by atoms with Gasteiger partial charge in [0, 0.05) is 11.7 Å². The summed E-state index contributed by atoms with van der Waals surface area (Å²) in [6, 6.07) is 6.44. The Morgan fingerprint density at radius 2 is 1.94 bits per heavy atom. The Hall–Kier alpha value is -1.61. The van der Waals surface area contributed by atoms with Crippen LogP contribution in [-0.2, 0) is 0 Å². The minimum atomic E-state index is 0.00686. The Labute approximate surface area is 109 Å². The van der Waals surface area contributed by atoms with E-state index in [0.717, 1.165) is 5.69 Å². The van der Waals surface area contributed by atoms with Gasteiger partial charge in [-0.15, -0.1) is 0 Å². The van der Waals surface area contributed by atoms with Gasteiger partial charge in [0.2, 0.25) is 0 Å². The summed E-state index contributed by atoms with van der Waals surface area (Å²) in [4.78, 5) is 4.26. The van der Waals surface area contributed by atoms with Crippen LogP contribution in [0.3, 0.4) is 0 Å². The van der Waals surface area contributed by atoms with Crippen LogP contribution in [0.4, 0.5) is 0 Å². The number of aromatic nitrogens is 2. The summed E-state index contributed by atoms with van der Waals surface area (Å²) in [6.45, 7) is 8.47. The first-order chi connectivity index (χ1) is 8.50. The van der Waals surface area contributed by atoms with Crippen LogP contribution in [0.5, 0.6) is 0 Å². The molecule has 0 bridgehead atoms. The predicted octanol–water partition coefficient (Wildman–Crippen LogP) is 3.14. The molecule has 1 aromatic carbocycles. The summed E-state index contributed by atoms with van der Waals surface area (Å²) < 4.78 is 2.10. The zero-order valence-corrected chi connectivity index (χ0v) is 11.5. The zero-order chi connectivity index (χ0) is 13.3. The summed E-state index contributed by atoms with van der Waals surface area (Å²) in [5.41, 5.74) is 11.0. The van der Waals surface area contributed by atoms with Crippen LogP contribution in [0.2, 0.25) is 0 Å². The Kier molecular flexibility index (Phi) is 3.53. The van der Waals surface area contributed by atoms with E-state index in [1.54, 1.807) is 0 Å². The van der Waals surface area contributed by atoms with Crippen LogP contribution in [0, 0.1) is 19.8 Å². The molecule has 0 aliphatic heterocycles. The number of imidazole rings is 1. The molecule has 96 valence electrons. The molecular weight excluding hydrogens is 222 g/mol. The molecule has 0 fully saturated rings. The second-order valence-electron chi connectivity index (χ2n) is 5.25. The van der Waals surface area contributed by atoms with Crippen LogP contribution in [0.25, 0.3) is 5.69 Å². The third-order valence-corrected chi connectivity index (χ3v) is 3.35. The van der Waals surface area contributed by atoms with Crippen LogP contribution < -0.4 is 5.73 Å². The highest BCUT2D eigenvalue weighted by atomic mass is 15.1. The highest BCUT2D eigenvalue weighted by Crippen LogP contribution is 2.24. The molecule has 2 N–H and O–H groups in total. The minimum absolute atomic E-state index is 0.00686. The first kappa shape index (κ1) is 12.8. The maximum Gasteiger partial charge on any atom is 0.0994 e. The molecule has 0 radical (unpaired) electrons. The molecule has 0 saturated heterocycles. The molecule has 0 aliphatic rings. The maximum absolute atomic E-state index is 6.25. The van der Waals surface area contributed by atoms with E-state index in [4.69, 9.17) is 5.73 Å². The molecule has 3 heteroatoms. The fraction of sp³-hybridized carbons (Fsp3) is 0.400. The van der Waals surface area contributed by atoms with Gasteiger partial charge in [-0.1, -0.05) is 26.0 Å². The summed E-state index contributed by atoms with van der Waals surface area (Å²) in [5.74, 6) is 0.394. The van der Waals surface area contributed by atoms with Gasteiger partial charge in [0.15, 0.2) is 0 Å².